The van der Waals surface area contributed by atoms with Crippen molar-refractivity contribution < 1.29 is 0 Å². The number of nitrogens with zero attached hydrogens (tertiary/aromatic N) is 1. The molecule has 0 aliphatic carbocycles. The Labute approximate surface area is 119 Å². The molecule has 0 saturated heterocycles. The highest BCUT2D eigenvalue weighted by atomic mass is 15.1. The molecule has 19 heavy (non-hydrogen) atoms. The molecule has 2 nitrogen and oxygen atoms in total. The molecule has 0 aromatic heterocycles. The van der Waals surface area contributed by atoms with Gasteiger partial charge in [-0.2, -0.15) is 0 Å². The number of nitrogens with one attached hydrogen (secondary N) is 1. The Kier molecular flexibility index (Phi) is 5.42. The lowest BCUT2D eigenvalue weighted by molar-refractivity contribution is 0.330. The van der Waals surface area contributed by atoms with E-state index in [1.165, 1.54) is 16.8 Å². The van der Waals surface area contributed by atoms with Crippen molar-refractivity contribution in [3.05, 3.63) is 29.3 Å². The minimum atomic E-state index is 0.283. The van der Waals surface area contributed by atoms with Crippen LogP contribution in [0.2, 0.25) is 0 Å². The minimum Gasteiger partial charge on any atom is -0.371 e. The number of hydrogen-bond donors (Lipinski definition) is 1. The number of benzene rings is 1. The van der Waals surface area contributed by atoms with E-state index in [0.29, 0.717) is 6.04 Å². The summed E-state index contributed by atoms with van der Waals surface area (Å²) in [6, 6.07) is 7.29. The van der Waals surface area contributed by atoms with Gasteiger partial charge in [0.05, 0.1) is 0 Å². The average molecular weight is 262 g/mol. The topological polar surface area (TPSA) is 15.3 Å². The molecule has 0 spiro atoms. The molecule has 1 rings (SSSR count). The van der Waals surface area contributed by atoms with Crippen molar-refractivity contribution in [2.24, 2.45) is 5.41 Å². The molecule has 2 heteroatoms. The van der Waals surface area contributed by atoms with Crippen molar-refractivity contribution in [3.8, 4) is 0 Å². The average Bonchev–Trinajstić information content (AvgIpc) is 2.34. The quantitative estimate of drug-likeness (QED) is 0.863. The molecule has 1 aromatic rings. The molecule has 0 heterocycles. The molecule has 0 amide bonds. The zero-order chi connectivity index (χ0) is 14.6. The fourth-order valence-electron chi connectivity index (χ4n) is 2.16. The van der Waals surface area contributed by atoms with Crippen molar-refractivity contribution in [2.45, 2.75) is 54.1 Å². The van der Waals surface area contributed by atoms with Gasteiger partial charge in [-0.15, -0.1) is 0 Å². The van der Waals surface area contributed by atoms with Gasteiger partial charge in [-0.3, -0.25) is 0 Å². The van der Waals surface area contributed by atoms with E-state index in [4.69, 9.17) is 0 Å². The molecular formula is C17H30N2. The monoisotopic (exact) mass is 262 g/mol. The third kappa shape index (κ3) is 4.24. The summed E-state index contributed by atoms with van der Waals surface area (Å²) < 4.78 is 0. The first-order valence-corrected chi connectivity index (χ1v) is 7.30. The summed E-state index contributed by atoms with van der Waals surface area (Å²) in [5.41, 5.74) is 4.35. The summed E-state index contributed by atoms with van der Waals surface area (Å²) in [7, 11) is 2.19. The van der Waals surface area contributed by atoms with Gasteiger partial charge in [0.15, 0.2) is 0 Å². The number of anilines is 1. The van der Waals surface area contributed by atoms with Gasteiger partial charge in [0.25, 0.3) is 0 Å². The predicted molar refractivity (Wildman–Crippen MR) is 85.9 cm³/mol. The Morgan fingerprint density at radius 3 is 2.37 bits per heavy atom. The maximum atomic E-state index is 3.39. The van der Waals surface area contributed by atoms with Gasteiger partial charge in [-0.25, -0.2) is 0 Å². The summed E-state index contributed by atoms with van der Waals surface area (Å²) in [6.07, 6.45) is 0. The van der Waals surface area contributed by atoms with E-state index in [1.807, 2.05) is 0 Å². The highest BCUT2D eigenvalue weighted by molar-refractivity contribution is 5.51. The van der Waals surface area contributed by atoms with Crippen molar-refractivity contribution in [2.75, 3.05) is 18.5 Å². The molecule has 108 valence electrons. The number of hydrogen-bond acceptors (Lipinski definition) is 2. The summed E-state index contributed by atoms with van der Waals surface area (Å²) in [5, 5.41) is 3.39. The summed E-state index contributed by atoms with van der Waals surface area (Å²) in [5.74, 6) is 0. The van der Waals surface area contributed by atoms with Gasteiger partial charge < -0.3 is 10.2 Å². The summed E-state index contributed by atoms with van der Waals surface area (Å²) in [4.78, 5) is 2.38. The lowest BCUT2D eigenvalue weighted by Gasteiger charge is -2.37. The zero-order valence-corrected chi connectivity index (χ0v) is 13.7. The second-order valence-corrected chi connectivity index (χ2v) is 6.54. The van der Waals surface area contributed by atoms with Gasteiger partial charge in [0.1, 0.15) is 0 Å². The molecule has 1 unspecified atom stereocenters. The molecule has 0 radical (unpaired) electrons. The van der Waals surface area contributed by atoms with Crippen LogP contribution in [0.15, 0.2) is 18.2 Å². The van der Waals surface area contributed by atoms with Crippen molar-refractivity contribution in [1.29, 1.82) is 0 Å². The van der Waals surface area contributed by atoms with Crippen LogP contribution in [0.4, 0.5) is 5.69 Å². The standard InChI is InChI=1S/C17H30N2/c1-8-18-12-15-9-10-16(11-13(15)2)19(7)14(3)17(4,5)6/h9-11,14,18H,8,12H2,1-7H3. The fraction of sp³-hybridized carbons (Fsp3) is 0.647. The zero-order valence-electron chi connectivity index (χ0n) is 13.7. The first-order chi connectivity index (χ1) is 8.77. The molecule has 1 aromatic carbocycles. The third-order valence-corrected chi connectivity index (χ3v) is 4.13. The lowest BCUT2D eigenvalue weighted by Crippen LogP contribution is -2.39. The molecule has 1 N–H and O–H groups in total. The molecule has 0 saturated carbocycles. The Hall–Kier alpha value is -1.02. The Balaban J connectivity index is 2.88. The van der Waals surface area contributed by atoms with Crippen LogP contribution in [0.3, 0.4) is 0 Å². The van der Waals surface area contributed by atoms with Crippen LogP contribution in [-0.2, 0) is 6.54 Å². The molecule has 1 atom stereocenters. The number of aryl methyl sites for hydroxylation is 1. The van der Waals surface area contributed by atoms with Gasteiger partial charge in [-0.05, 0) is 49.1 Å². The van der Waals surface area contributed by atoms with Crippen LogP contribution in [0.25, 0.3) is 0 Å². The predicted octanol–water partition coefficient (Wildman–Crippen LogP) is 3.98. The Morgan fingerprint density at radius 1 is 1.26 bits per heavy atom. The highest BCUT2D eigenvalue weighted by Gasteiger charge is 2.24. The largest absolute Gasteiger partial charge is 0.371 e. The van der Waals surface area contributed by atoms with Gasteiger partial charge in [0.2, 0.25) is 0 Å². The second-order valence-electron chi connectivity index (χ2n) is 6.54. The van der Waals surface area contributed by atoms with E-state index < -0.39 is 0 Å². The molecular weight excluding hydrogens is 232 g/mol. The molecule has 0 fully saturated rings. The van der Waals surface area contributed by atoms with Gasteiger partial charge in [0, 0.05) is 25.3 Å². The Bertz CT molecular complexity index is 404. The van der Waals surface area contributed by atoms with E-state index in [2.05, 4.69) is 77.0 Å². The van der Waals surface area contributed by atoms with Gasteiger partial charge >= 0.3 is 0 Å². The first-order valence-electron chi connectivity index (χ1n) is 7.30. The molecule has 0 aliphatic rings. The van der Waals surface area contributed by atoms with Gasteiger partial charge in [-0.1, -0.05) is 33.8 Å². The van der Waals surface area contributed by atoms with Crippen LogP contribution < -0.4 is 10.2 Å². The first kappa shape index (κ1) is 16.0. The van der Waals surface area contributed by atoms with Crippen LogP contribution in [0.5, 0.6) is 0 Å². The van der Waals surface area contributed by atoms with E-state index >= 15 is 0 Å². The maximum Gasteiger partial charge on any atom is 0.0369 e. The van der Waals surface area contributed by atoms with E-state index in [0.717, 1.165) is 13.1 Å². The summed E-state index contributed by atoms with van der Waals surface area (Å²) >= 11 is 0. The van der Waals surface area contributed by atoms with Crippen LogP contribution >= 0.6 is 0 Å². The minimum absolute atomic E-state index is 0.283. The van der Waals surface area contributed by atoms with E-state index in [-0.39, 0.29) is 5.41 Å². The van der Waals surface area contributed by atoms with Crippen molar-refractivity contribution >= 4 is 5.69 Å². The fourth-order valence-corrected chi connectivity index (χ4v) is 2.16. The van der Waals surface area contributed by atoms with Crippen molar-refractivity contribution in [1.82, 2.24) is 5.32 Å². The van der Waals surface area contributed by atoms with E-state index in [9.17, 15) is 0 Å². The normalized spacial score (nSPS) is 13.4. The maximum absolute atomic E-state index is 3.39. The van der Waals surface area contributed by atoms with Crippen LogP contribution in [0.1, 0.15) is 45.7 Å². The molecule has 0 aliphatic heterocycles. The second kappa shape index (κ2) is 6.42. The number of rotatable bonds is 5. The third-order valence-electron chi connectivity index (χ3n) is 4.13. The molecule has 0 bridgehead atoms. The summed E-state index contributed by atoms with van der Waals surface area (Å²) in [6.45, 7) is 15.5. The lowest BCUT2D eigenvalue weighted by atomic mass is 9.87. The van der Waals surface area contributed by atoms with Crippen LogP contribution in [-0.4, -0.2) is 19.6 Å². The van der Waals surface area contributed by atoms with Crippen LogP contribution in [0, 0.1) is 12.3 Å². The van der Waals surface area contributed by atoms with Crippen molar-refractivity contribution in [3.63, 3.8) is 0 Å². The SMILES string of the molecule is CCNCc1ccc(N(C)C(C)C(C)(C)C)cc1C. The van der Waals surface area contributed by atoms with E-state index in [1.54, 1.807) is 0 Å². The highest BCUT2D eigenvalue weighted by Crippen LogP contribution is 2.28. The smallest absolute Gasteiger partial charge is 0.0369 e. The Morgan fingerprint density at radius 2 is 1.89 bits per heavy atom.